The van der Waals surface area contributed by atoms with E-state index < -0.39 is 6.03 Å². The third-order valence-electron chi connectivity index (χ3n) is 3.04. The van der Waals surface area contributed by atoms with Crippen LogP contribution in [0, 0.1) is 0 Å². The summed E-state index contributed by atoms with van der Waals surface area (Å²) >= 11 is 3.50. The lowest BCUT2D eigenvalue weighted by atomic mass is 10.1. The van der Waals surface area contributed by atoms with Crippen LogP contribution in [0.15, 0.2) is 10.1 Å². The second-order valence-corrected chi connectivity index (χ2v) is 5.98. The number of ether oxygens (including phenoxy) is 1. The molecule has 1 atom stereocenters. The van der Waals surface area contributed by atoms with Crippen LogP contribution in [0.3, 0.4) is 0 Å². The highest BCUT2D eigenvalue weighted by molar-refractivity contribution is 9.11. The van der Waals surface area contributed by atoms with Gasteiger partial charge in [0, 0.05) is 24.7 Å². The zero-order valence-corrected chi connectivity index (χ0v) is 13.7. The maximum Gasteiger partial charge on any atom is 0.321 e. The molecule has 6 nitrogen and oxygen atoms in total. The van der Waals surface area contributed by atoms with Gasteiger partial charge in [0.25, 0.3) is 0 Å². The van der Waals surface area contributed by atoms with Crippen LogP contribution in [0.5, 0.6) is 0 Å². The lowest BCUT2D eigenvalue weighted by Crippen LogP contribution is -2.48. The molecule has 0 aromatic carbocycles. The van der Waals surface area contributed by atoms with E-state index >= 15 is 0 Å². The Kier molecular flexibility index (Phi) is 7.18. The average Bonchev–Trinajstić information content (AvgIpc) is 2.33. The average molecular weight is 348 g/mol. The smallest absolute Gasteiger partial charge is 0.321 e. The van der Waals surface area contributed by atoms with Gasteiger partial charge in [-0.1, -0.05) is 21.5 Å². The minimum atomic E-state index is -0.484. The van der Waals surface area contributed by atoms with Crippen LogP contribution in [0.4, 0.5) is 4.79 Å². The van der Waals surface area contributed by atoms with E-state index in [0.717, 1.165) is 17.4 Å². The number of halogens is 1. The van der Waals surface area contributed by atoms with Gasteiger partial charge in [0.05, 0.1) is 19.2 Å². The first kappa shape index (κ1) is 17.1. The summed E-state index contributed by atoms with van der Waals surface area (Å²) in [6.07, 6.45) is 0.935. The fourth-order valence-electron chi connectivity index (χ4n) is 1.93. The molecule has 3 amide bonds. The summed E-state index contributed by atoms with van der Waals surface area (Å²) in [6.45, 7) is 6.05. The highest BCUT2D eigenvalue weighted by atomic mass is 79.9. The third kappa shape index (κ3) is 6.02. The van der Waals surface area contributed by atoms with Gasteiger partial charge in [0.2, 0.25) is 5.91 Å². The number of nitrogens with one attached hydrogen (secondary N) is 2. The van der Waals surface area contributed by atoms with Gasteiger partial charge in [-0.15, -0.1) is 0 Å². The van der Waals surface area contributed by atoms with Crippen molar-refractivity contribution in [3.8, 4) is 0 Å². The van der Waals surface area contributed by atoms with E-state index in [1.807, 2.05) is 11.8 Å². The van der Waals surface area contributed by atoms with Crippen LogP contribution >= 0.6 is 15.9 Å². The molecule has 0 aromatic rings. The molecule has 0 radical (unpaired) electrons. The number of carbonyl (C=O) groups is 2. The molecular formula is C13H22BrN3O3. The Hall–Kier alpha value is -0.920. The Labute approximate surface area is 128 Å². The Bertz CT molecular complexity index is 398. The van der Waals surface area contributed by atoms with E-state index in [2.05, 4.69) is 33.5 Å². The predicted molar refractivity (Wildman–Crippen MR) is 80.7 cm³/mol. The molecule has 0 bridgehead atoms. The van der Waals surface area contributed by atoms with Crippen molar-refractivity contribution in [2.24, 2.45) is 0 Å². The van der Waals surface area contributed by atoms with Crippen molar-refractivity contribution in [3.05, 3.63) is 10.1 Å². The zero-order valence-electron chi connectivity index (χ0n) is 12.2. The van der Waals surface area contributed by atoms with Crippen molar-refractivity contribution < 1.29 is 14.3 Å². The van der Waals surface area contributed by atoms with Crippen molar-refractivity contribution in [3.63, 3.8) is 0 Å². The molecule has 0 aliphatic carbocycles. The molecule has 0 saturated carbocycles. The minimum Gasteiger partial charge on any atom is -0.383 e. The van der Waals surface area contributed by atoms with Gasteiger partial charge in [-0.3, -0.25) is 15.0 Å². The molecule has 20 heavy (non-hydrogen) atoms. The summed E-state index contributed by atoms with van der Waals surface area (Å²) < 4.78 is 6.03. The number of hydrogen-bond donors (Lipinski definition) is 2. The summed E-state index contributed by atoms with van der Waals surface area (Å²) in [5, 5.41) is 4.96. The van der Waals surface area contributed by atoms with Crippen LogP contribution in [0.25, 0.3) is 0 Å². The van der Waals surface area contributed by atoms with E-state index in [9.17, 15) is 9.59 Å². The van der Waals surface area contributed by atoms with E-state index in [0.29, 0.717) is 13.2 Å². The monoisotopic (exact) mass is 347 g/mol. The van der Waals surface area contributed by atoms with E-state index in [1.54, 1.807) is 7.11 Å². The van der Waals surface area contributed by atoms with Gasteiger partial charge >= 0.3 is 6.03 Å². The maximum absolute atomic E-state index is 11.8. The van der Waals surface area contributed by atoms with E-state index in [-0.39, 0.29) is 18.5 Å². The fourth-order valence-corrected chi connectivity index (χ4v) is 2.48. The number of methoxy groups -OCH3 is 1. The van der Waals surface area contributed by atoms with Crippen LogP contribution in [0.2, 0.25) is 0 Å². The molecule has 0 spiro atoms. The van der Waals surface area contributed by atoms with Gasteiger partial charge in [-0.2, -0.15) is 0 Å². The molecule has 1 heterocycles. The summed E-state index contributed by atoms with van der Waals surface area (Å²) in [5.41, 5.74) is 1.31. The largest absolute Gasteiger partial charge is 0.383 e. The first-order valence-electron chi connectivity index (χ1n) is 6.58. The van der Waals surface area contributed by atoms with E-state index in [1.165, 1.54) is 5.57 Å². The molecule has 7 heteroatoms. The van der Waals surface area contributed by atoms with Gasteiger partial charge in [-0.05, 0) is 20.3 Å². The van der Waals surface area contributed by atoms with Gasteiger partial charge in [0.1, 0.15) is 0 Å². The molecule has 1 rings (SSSR count). The van der Waals surface area contributed by atoms with Crippen molar-refractivity contribution in [2.45, 2.75) is 26.3 Å². The Balaban J connectivity index is 2.32. The number of urea groups is 1. The van der Waals surface area contributed by atoms with Gasteiger partial charge in [0.15, 0.2) is 0 Å². The molecule has 0 saturated heterocycles. The minimum absolute atomic E-state index is 0.137. The molecule has 1 aliphatic rings. The molecule has 114 valence electrons. The molecule has 0 aromatic heterocycles. The van der Waals surface area contributed by atoms with Crippen molar-refractivity contribution >= 4 is 27.9 Å². The summed E-state index contributed by atoms with van der Waals surface area (Å²) in [5.74, 6) is -0.299. The second-order valence-electron chi connectivity index (χ2n) is 5.02. The predicted octanol–water partition coefficient (Wildman–Crippen LogP) is 1.22. The number of hydrogen-bond acceptors (Lipinski definition) is 4. The number of imide groups is 1. The summed E-state index contributed by atoms with van der Waals surface area (Å²) in [7, 11) is 1.56. The number of nitrogens with zero attached hydrogens (tertiary/aromatic N) is 1. The number of amides is 3. The lowest BCUT2D eigenvalue weighted by molar-refractivity contribution is -0.121. The zero-order chi connectivity index (χ0) is 15.1. The molecule has 1 unspecified atom stereocenters. The fraction of sp³-hybridized carbons (Fsp3) is 0.692. The molecule has 1 aliphatic heterocycles. The topological polar surface area (TPSA) is 70.7 Å². The molecule has 2 N–H and O–H groups in total. The van der Waals surface area contributed by atoms with Crippen LogP contribution < -0.4 is 10.6 Å². The maximum atomic E-state index is 11.8. The molecule has 0 fully saturated rings. The van der Waals surface area contributed by atoms with Crippen LogP contribution in [-0.4, -0.2) is 56.2 Å². The SMILES string of the molecule is COCC(C)NC(=O)NC(=O)CN1CCC(C)=C(Br)C1. The summed E-state index contributed by atoms with van der Waals surface area (Å²) in [6, 6.07) is -0.620. The van der Waals surface area contributed by atoms with Crippen molar-refractivity contribution in [1.29, 1.82) is 0 Å². The first-order chi connectivity index (χ1) is 9.42. The Morgan fingerprint density at radius 2 is 2.20 bits per heavy atom. The normalized spacial score (nSPS) is 17.8. The Morgan fingerprint density at radius 1 is 1.50 bits per heavy atom. The summed E-state index contributed by atoms with van der Waals surface area (Å²) in [4.78, 5) is 25.3. The highest BCUT2D eigenvalue weighted by Gasteiger charge is 2.18. The standard InChI is InChI=1S/C13H22BrN3O3/c1-9-4-5-17(6-11(9)14)7-12(18)16-13(19)15-10(2)8-20-3/h10H,4-8H2,1-3H3,(H2,15,16,18,19). The van der Waals surface area contributed by atoms with Gasteiger partial charge in [-0.25, -0.2) is 4.79 Å². The third-order valence-corrected chi connectivity index (χ3v) is 3.97. The lowest BCUT2D eigenvalue weighted by Gasteiger charge is -2.26. The van der Waals surface area contributed by atoms with Crippen molar-refractivity contribution in [1.82, 2.24) is 15.5 Å². The Morgan fingerprint density at radius 3 is 2.80 bits per heavy atom. The van der Waals surface area contributed by atoms with Crippen LogP contribution in [0.1, 0.15) is 20.3 Å². The second kappa shape index (κ2) is 8.39. The number of rotatable bonds is 5. The highest BCUT2D eigenvalue weighted by Crippen LogP contribution is 2.21. The molecular weight excluding hydrogens is 326 g/mol. The quantitative estimate of drug-likeness (QED) is 0.784. The van der Waals surface area contributed by atoms with Crippen LogP contribution in [-0.2, 0) is 9.53 Å². The first-order valence-corrected chi connectivity index (χ1v) is 7.37. The van der Waals surface area contributed by atoms with E-state index in [4.69, 9.17) is 4.74 Å². The van der Waals surface area contributed by atoms with Crippen molar-refractivity contribution in [2.75, 3.05) is 33.4 Å². The number of carbonyl (C=O) groups excluding carboxylic acids is 2. The van der Waals surface area contributed by atoms with Gasteiger partial charge < -0.3 is 10.1 Å².